The summed E-state index contributed by atoms with van der Waals surface area (Å²) >= 11 is 1.33. The van der Waals surface area contributed by atoms with Gasteiger partial charge in [0.05, 0.1) is 28.9 Å². The number of aliphatic hydroxyl groups excluding tert-OH is 1. The van der Waals surface area contributed by atoms with E-state index in [0.717, 1.165) is 38.2 Å². The number of Topliss-reactive ketones (excluding diaryl/α,β-unsaturated/α-hetero) is 1. The quantitative estimate of drug-likeness (QED) is 0.113. The van der Waals surface area contributed by atoms with Crippen molar-refractivity contribution in [1.82, 2.24) is 4.98 Å². The maximum absolute atomic E-state index is 13.9. The van der Waals surface area contributed by atoms with Crippen LogP contribution in [0.1, 0.15) is 46.3 Å². The second-order valence-electron chi connectivity index (χ2n) is 11.7. The van der Waals surface area contributed by atoms with Gasteiger partial charge in [0.2, 0.25) is 0 Å². The second kappa shape index (κ2) is 11.7. The van der Waals surface area contributed by atoms with Crippen molar-refractivity contribution in [1.29, 1.82) is 0 Å². The maximum atomic E-state index is 13.9. The molecule has 7 rings (SSSR count). The molecule has 8 nitrogen and oxygen atoms in total. The molecule has 1 amide bonds. The number of amides is 1. The molecule has 0 radical (unpaired) electrons. The number of aliphatic hydroxyl groups is 1. The summed E-state index contributed by atoms with van der Waals surface area (Å²) in [6, 6.07) is 23.6. The minimum atomic E-state index is -0.970. The molecule has 5 aromatic rings. The van der Waals surface area contributed by atoms with E-state index in [1.807, 2.05) is 75.4 Å². The largest absolute Gasteiger partial charge is 0.507 e. The van der Waals surface area contributed by atoms with Gasteiger partial charge >= 0.3 is 5.91 Å². The number of hydrogen-bond donors (Lipinski definition) is 1. The van der Waals surface area contributed by atoms with E-state index < -0.39 is 17.7 Å². The molecule has 0 spiro atoms. The van der Waals surface area contributed by atoms with Crippen LogP contribution in [-0.2, 0) is 22.6 Å². The van der Waals surface area contributed by atoms with Crippen molar-refractivity contribution in [2.75, 3.05) is 12.0 Å². The normalized spacial score (nSPS) is 18.6. The summed E-state index contributed by atoms with van der Waals surface area (Å²) in [5.74, 6) is -0.0766. The number of carbonyl (C=O) groups excluding carboxylic acids is 2. The van der Waals surface area contributed by atoms with E-state index >= 15 is 0 Å². The SMILES string of the molecule is COc1cc(C2C(=C(O)c3cc(C)c4c(c3)CC(C)O4)C(=O)C(=O)N2c2nc3ccc(C)cc3s2)ccc1OCc1ccccc1. The molecule has 2 unspecified atom stereocenters. The third-order valence-corrected chi connectivity index (χ3v) is 9.39. The van der Waals surface area contributed by atoms with Crippen LogP contribution in [0.2, 0.25) is 0 Å². The minimum Gasteiger partial charge on any atom is -0.507 e. The molecule has 0 aliphatic carbocycles. The monoisotopic (exact) mass is 632 g/mol. The first-order chi connectivity index (χ1) is 22.2. The Morgan fingerprint density at radius 2 is 1.83 bits per heavy atom. The van der Waals surface area contributed by atoms with Crippen LogP contribution in [0, 0.1) is 13.8 Å². The van der Waals surface area contributed by atoms with E-state index in [9.17, 15) is 14.7 Å². The van der Waals surface area contributed by atoms with Crippen LogP contribution in [0.5, 0.6) is 17.2 Å². The Bertz CT molecular complexity index is 2050. The number of hydrogen-bond acceptors (Lipinski definition) is 8. The summed E-state index contributed by atoms with van der Waals surface area (Å²) in [7, 11) is 1.54. The summed E-state index contributed by atoms with van der Waals surface area (Å²) in [6.45, 7) is 6.22. The number of carbonyl (C=O) groups is 2. The highest BCUT2D eigenvalue weighted by Crippen LogP contribution is 2.46. The van der Waals surface area contributed by atoms with Gasteiger partial charge in [-0.2, -0.15) is 0 Å². The lowest BCUT2D eigenvalue weighted by Gasteiger charge is -2.24. The summed E-state index contributed by atoms with van der Waals surface area (Å²) in [5.41, 5.74) is 5.56. The molecule has 1 aromatic heterocycles. The van der Waals surface area contributed by atoms with Gasteiger partial charge in [0.1, 0.15) is 24.2 Å². The lowest BCUT2D eigenvalue weighted by Crippen LogP contribution is -2.29. The molecule has 2 aliphatic heterocycles. The van der Waals surface area contributed by atoms with Gasteiger partial charge in [-0.3, -0.25) is 14.5 Å². The standard InChI is InChI=1S/C37H32N2O6S/c1-20-10-12-27-30(14-20)46-37(38-27)39-32(24-11-13-28(29(18-24)43-4)44-19-23-8-6-5-7-9-23)31(34(41)36(39)42)33(40)25-15-21(2)35-26(17-25)16-22(3)45-35/h5-15,17-18,22,32,40H,16,19H2,1-4H3. The third-order valence-electron chi connectivity index (χ3n) is 8.38. The van der Waals surface area contributed by atoms with Crippen molar-refractivity contribution in [2.24, 2.45) is 0 Å². The highest BCUT2D eigenvalue weighted by atomic mass is 32.1. The molecule has 1 saturated heterocycles. The molecule has 3 heterocycles. The van der Waals surface area contributed by atoms with Gasteiger partial charge in [0.15, 0.2) is 16.6 Å². The van der Waals surface area contributed by atoms with Gasteiger partial charge in [-0.1, -0.05) is 53.8 Å². The van der Waals surface area contributed by atoms with Crippen molar-refractivity contribution in [2.45, 2.75) is 45.9 Å². The van der Waals surface area contributed by atoms with Crippen LogP contribution in [0.25, 0.3) is 16.0 Å². The Balaban J connectivity index is 1.36. The Labute approximate surface area is 270 Å². The highest BCUT2D eigenvalue weighted by molar-refractivity contribution is 7.22. The van der Waals surface area contributed by atoms with E-state index in [1.165, 1.54) is 23.3 Å². The van der Waals surface area contributed by atoms with Gasteiger partial charge in [0.25, 0.3) is 5.78 Å². The number of fused-ring (bicyclic) bond motifs is 2. The van der Waals surface area contributed by atoms with E-state index in [-0.39, 0.29) is 17.4 Å². The summed E-state index contributed by atoms with van der Waals surface area (Å²) in [4.78, 5) is 33.9. The first-order valence-corrected chi connectivity index (χ1v) is 15.9. The predicted molar refractivity (Wildman–Crippen MR) is 178 cm³/mol. The molecular formula is C37H32N2O6S. The number of aryl methyl sites for hydroxylation is 2. The van der Waals surface area contributed by atoms with Crippen molar-refractivity contribution in [3.05, 3.63) is 118 Å². The zero-order chi connectivity index (χ0) is 32.1. The minimum absolute atomic E-state index is 0.00874. The molecule has 2 aliphatic rings. The lowest BCUT2D eigenvalue weighted by atomic mass is 9.93. The van der Waals surface area contributed by atoms with Gasteiger partial charge in [-0.05, 0) is 85.0 Å². The summed E-state index contributed by atoms with van der Waals surface area (Å²) in [6.07, 6.45) is 0.691. The van der Waals surface area contributed by atoms with Crippen LogP contribution in [0.3, 0.4) is 0 Å². The topological polar surface area (TPSA) is 98.2 Å². The van der Waals surface area contributed by atoms with Crippen molar-refractivity contribution < 1.29 is 28.9 Å². The van der Waals surface area contributed by atoms with Crippen molar-refractivity contribution >= 4 is 44.1 Å². The van der Waals surface area contributed by atoms with Crippen LogP contribution < -0.4 is 19.1 Å². The number of benzene rings is 4. The molecule has 0 saturated carbocycles. The van der Waals surface area contributed by atoms with E-state index in [4.69, 9.17) is 19.2 Å². The zero-order valence-corrected chi connectivity index (χ0v) is 26.7. The van der Waals surface area contributed by atoms with Gasteiger partial charge in [-0.15, -0.1) is 0 Å². The molecule has 9 heteroatoms. The predicted octanol–water partition coefficient (Wildman–Crippen LogP) is 7.45. The Morgan fingerprint density at radius 1 is 1.02 bits per heavy atom. The fourth-order valence-corrected chi connectivity index (χ4v) is 7.28. The molecule has 2 atom stereocenters. The fourth-order valence-electron chi connectivity index (χ4n) is 6.19. The lowest BCUT2D eigenvalue weighted by molar-refractivity contribution is -0.132. The first kappa shape index (κ1) is 29.6. The molecule has 1 N–H and O–H groups in total. The molecular weight excluding hydrogens is 600 g/mol. The van der Waals surface area contributed by atoms with Crippen LogP contribution >= 0.6 is 11.3 Å². The third kappa shape index (κ3) is 5.16. The van der Waals surface area contributed by atoms with Crippen molar-refractivity contribution in [3.8, 4) is 17.2 Å². The number of rotatable bonds is 7. The van der Waals surface area contributed by atoms with E-state index in [2.05, 4.69) is 0 Å². The number of anilines is 1. The molecule has 0 bridgehead atoms. The first-order valence-electron chi connectivity index (χ1n) is 15.0. The number of nitrogens with zero attached hydrogens (tertiary/aromatic N) is 2. The van der Waals surface area contributed by atoms with E-state index in [0.29, 0.717) is 40.8 Å². The average molecular weight is 633 g/mol. The summed E-state index contributed by atoms with van der Waals surface area (Å²) in [5, 5.41) is 12.2. The number of aromatic nitrogens is 1. The molecule has 4 aromatic carbocycles. The second-order valence-corrected chi connectivity index (χ2v) is 12.7. The highest BCUT2D eigenvalue weighted by Gasteiger charge is 2.48. The Kier molecular flexibility index (Phi) is 7.49. The fraction of sp³-hybridized carbons (Fsp3) is 0.216. The number of methoxy groups -OCH3 is 1. The van der Waals surface area contributed by atoms with Gasteiger partial charge in [0, 0.05) is 12.0 Å². The molecule has 232 valence electrons. The molecule has 1 fully saturated rings. The van der Waals surface area contributed by atoms with Crippen LogP contribution in [0.4, 0.5) is 5.13 Å². The zero-order valence-electron chi connectivity index (χ0n) is 25.9. The van der Waals surface area contributed by atoms with Crippen LogP contribution in [0.15, 0.2) is 84.4 Å². The average Bonchev–Trinajstić information content (AvgIpc) is 3.72. The van der Waals surface area contributed by atoms with Crippen LogP contribution in [-0.4, -0.2) is 35.0 Å². The maximum Gasteiger partial charge on any atom is 0.301 e. The van der Waals surface area contributed by atoms with Gasteiger partial charge in [-0.25, -0.2) is 4.98 Å². The Morgan fingerprint density at radius 3 is 2.61 bits per heavy atom. The number of ketones is 1. The Hall–Kier alpha value is -5.15. The smallest absolute Gasteiger partial charge is 0.301 e. The number of ether oxygens (including phenoxy) is 3. The van der Waals surface area contributed by atoms with E-state index in [1.54, 1.807) is 24.3 Å². The molecule has 46 heavy (non-hydrogen) atoms. The number of thiazole rings is 1. The van der Waals surface area contributed by atoms with Gasteiger partial charge < -0.3 is 19.3 Å². The summed E-state index contributed by atoms with van der Waals surface area (Å²) < 4.78 is 18.7. The van der Waals surface area contributed by atoms with Crippen molar-refractivity contribution in [3.63, 3.8) is 0 Å².